The lowest BCUT2D eigenvalue weighted by Crippen LogP contribution is -2.40. The van der Waals surface area contributed by atoms with E-state index in [2.05, 4.69) is 15.2 Å². The fraction of sp³-hybridized carbons (Fsp3) is 0.394. The standard InChI is InChI=1S/C33H37N5O7/c1-3-37-32(39)25-6-4-5-24-28(10-8-26(31(24)25)33(37)40)38-22-27(34-35-38)23-7-9-29(30(21-23)41-2)36-11-13-42-15-17-44-19-20-45-18-16-43-14-12-36/h4-10,21-22H,3,11-20H2,1-2H3. The van der Waals surface area contributed by atoms with Crippen molar-refractivity contribution in [2.75, 3.05) is 84.5 Å². The third-order valence-electron chi connectivity index (χ3n) is 7.97. The quantitative estimate of drug-likeness (QED) is 0.308. The number of amides is 2. The van der Waals surface area contributed by atoms with E-state index >= 15 is 0 Å². The molecule has 236 valence electrons. The Kier molecular flexibility index (Phi) is 9.65. The Morgan fingerprint density at radius 2 is 1.40 bits per heavy atom. The molecular formula is C33H37N5O7. The lowest BCUT2D eigenvalue weighted by molar-refractivity contribution is 0.00206. The molecule has 12 nitrogen and oxygen atoms in total. The number of benzene rings is 3. The first-order valence-electron chi connectivity index (χ1n) is 15.2. The molecule has 3 aromatic carbocycles. The number of imide groups is 1. The van der Waals surface area contributed by atoms with Crippen LogP contribution in [0.3, 0.4) is 0 Å². The summed E-state index contributed by atoms with van der Waals surface area (Å²) in [6.07, 6.45) is 1.83. The highest BCUT2D eigenvalue weighted by molar-refractivity contribution is 6.26. The molecule has 2 aliphatic heterocycles. The topological polar surface area (TPSA) is 117 Å². The molecule has 0 radical (unpaired) electrons. The van der Waals surface area contributed by atoms with Gasteiger partial charge in [0.25, 0.3) is 11.8 Å². The van der Waals surface area contributed by atoms with Gasteiger partial charge in [0, 0.05) is 47.1 Å². The van der Waals surface area contributed by atoms with Crippen LogP contribution in [0.1, 0.15) is 27.6 Å². The van der Waals surface area contributed by atoms with Crippen LogP contribution in [-0.4, -0.2) is 111 Å². The Balaban J connectivity index is 1.26. The van der Waals surface area contributed by atoms with Crippen LogP contribution in [0.25, 0.3) is 27.7 Å². The van der Waals surface area contributed by atoms with Crippen molar-refractivity contribution in [3.63, 3.8) is 0 Å². The van der Waals surface area contributed by atoms with E-state index < -0.39 is 0 Å². The zero-order valence-electron chi connectivity index (χ0n) is 25.6. The minimum atomic E-state index is -0.288. The van der Waals surface area contributed by atoms with Gasteiger partial charge in [-0.15, -0.1) is 5.10 Å². The van der Waals surface area contributed by atoms with Crippen LogP contribution in [-0.2, 0) is 18.9 Å². The van der Waals surface area contributed by atoms with E-state index in [0.29, 0.717) is 100 Å². The Morgan fingerprint density at radius 3 is 2.04 bits per heavy atom. The van der Waals surface area contributed by atoms with Gasteiger partial charge in [-0.3, -0.25) is 14.5 Å². The first kappa shape index (κ1) is 30.7. The molecule has 0 bridgehead atoms. The molecule has 0 N–H and O–H groups in total. The molecule has 1 saturated heterocycles. The van der Waals surface area contributed by atoms with Crippen molar-refractivity contribution < 1.29 is 33.3 Å². The van der Waals surface area contributed by atoms with E-state index in [1.165, 1.54) is 4.90 Å². The van der Waals surface area contributed by atoms with Crippen LogP contribution in [0.4, 0.5) is 5.69 Å². The predicted molar refractivity (Wildman–Crippen MR) is 167 cm³/mol. The highest BCUT2D eigenvalue weighted by Gasteiger charge is 2.32. The molecule has 1 fully saturated rings. The third kappa shape index (κ3) is 6.40. The molecule has 4 aromatic rings. The summed E-state index contributed by atoms with van der Waals surface area (Å²) in [5, 5.41) is 10.3. The van der Waals surface area contributed by atoms with Crippen LogP contribution < -0.4 is 9.64 Å². The second kappa shape index (κ2) is 14.2. The molecule has 0 atom stereocenters. The van der Waals surface area contributed by atoms with Crippen LogP contribution >= 0.6 is 0 Å². The highest BCUT2D eigenvalue weighted by atomic mass is 16.6. The molecule has 2 amide bonds. The predicted octanol–water partition coefficient (Wildman–Crippen LogP) is 3.60. The number of aromatic nitrogens is 3. The maximum absolute atomic E-state index is 13.1. The number of carbonyl (C=O) groups excluding carboxylic acids is 2. The highest BCUT2D eigenvalue weighted by Crippen LogP contribution is 2.35. The van der Waals surface area contributed by atoms with Crippen molar-refractivity contribution in [3.8, 4) is 22.7 Å². The van der Waals surface area contributed by atoms with Crippen LogP contribution in [0, 0.1) is 0 Å². The summed E-state index contributed by atoms with van der Waals surface area (Å²) >= 11 is 0. The third-order valence-corrected chi connectivity index (χ3v) is 7.97. The van der Waals surface area contributed by atoms with Crippen molar-refractivity contribution in [2.45, 2.75) is 6.92 Å². The Labute approximate surface area is 261 Å². The minimum Gasteiger partial charge on any atom is -0.495 e. The molecule has 0 spiro atoms. The van der Waals surface area contributed by atoms with Crippen LogP contribution in [0.15, 0.2) is 54.7 Å². The normalized spacial score (nSPS) is 17.3. The molecule has 0 saturated carbocycles. The van der Waals surface area contributed by atoms with E-state index in [1.54, 1.807) is 30.8 Å². The zero-order chi connectivity index (χ0) is 31.2. The van der Waals surface area contributed by atoms with Gasteiger partial charge in [-0.25, -0.2) is 4.68 Å². The van der Waals surface area contributed by atoms with Crippen molar-refractivity contribution in [3.05, 3.63) is 65.9 Å². The fourth-order valence-corrected chi connectivity index (χ4v) is 5.69. The maximum atomic E-state index is 13.1. The molecule has 3 heterocycles. The van der Waals surface area contributed by atoms with Crippen LogP contribution in [0.5, 0.6) is 5.75 Å². The Hall–Kier alpha value is -4.36. The first-order chi connectivity index (χ1) is 22.1. The monoisotopic (exact) mass is 615 g/mol. The molecule has 0 unspecified atom stereocenters. The van der Waals surface area contributed by atoms with Gasteiger partial charge in [0.15, 0.2) is 0 Å². The largest absolute Gasteiger partial charge is 0.495 e. The van der Waals surface area contributed by atoms with Gasteiger partial charge in [0.05, 0.1) is 77.5 Å². The van der Waals surface area contributed by atoms with Gasteiger partial charge in [0.1, 0.15) is 11.4 Å². The molecule has 0 aliphatic carbocycles. The Morgan fingerprint density at radius 1 is 0.778 bits per heavy atom. The summed E-state index contributed by atoms with van der Waals surface area (Å²) in [5.74, 6) is 0.110. The molecule has 45 heavy (non-hydrogen) atoms. The molecule has 6 rings (SSSR count). The summed E-state index contributed by atoms with van der Waals surface area (Å²) in [4.78, 5) is 29.6. The first-order valence-corrected chi connectivity index (χ1v) is 15.2. The summed E-state index contributed by atoms with van der Waals surface area (Å²) in [5.41, 5.74) is 4.12. The summed E-state index contributed by atoms with van der Waals surface area (Å²) < 4.78 is 30.2. The van der Waals surface area contributed by atoms with Crippen molar-refractivity contribution in [2.24, 2.45) is 0 Å². The lowest BCUT2D eigenvalue weighted by Gasteiger charge is -2.26. The number of hydrogen-bond acceptors (Lipinski definition) is 10. The van der Waals surface area contributed by atoms with Gasteiger partial charge in [-0.05, 0) is 37.3 Å². The van der Waals surface area contributed by atoms with Gasteiger partial charge < -0.3 is 28.6 Å². The SMILES string of the molecule is CCN1C(=O)c2cccc3c(-n4cc(-c5ccc(N6CCOCCOCCOCCOCC6)c(OC)c5)nn4)ccc(c23)C1=O. The number of rotatable bonds is 5. The summed E-state index contributed by atoms with van der Waals surface area (Å²) in [6.45, 7) is 7.61. The van der Waals surface area contributed by atoms with Crippen LogP contribution in [0.2, 0.25) is 0 Å². The lowest BCUT2D eigenvalue weighted by atomic mass is 9.93. The molecular weight excluding hydrogens is 578 g/mol. The van der Waals surface area contributed by atoms with E-state index in [0.717, 1.165) is 22.3 Å². The number of ether oxygens (including phenoxy) is 5. The number of anilines is 1. The minimum absolute atomic E-state index is 0.288. The average molecular weight is 616 g/mol. The van der Waals surface area contributed by atoms with E-state index in [9.17, 15) is 9.59 Å². The smallest absolute Gasteiger partial charge is 0.261 e. The fourth-order valence-electron chi connectivity index (χ4n) is 5.69. The number of nitrogens with zero attached hydrogens (tertiary/aromatic N) is 5. The molecule has 1 aromatic heterocycles. The second-order valence-electron chi connectivity index (χ2n) is 10.6. The van der Waals surface area contributed by atoms with E-state index in [1.807, 2.05) is 42.6 Å². The van der Waals surface area contributed by atoms with Crippen molar-refractivity contribution >= 4 is 28.3 Å². The number of carbonyl (C=O) groups is 2. The van der Waals surface area contributed by atoms with Gasteiger partial charge in [-0.2, -0.15) is 0 Å². The van der Waals surface area contributed by atoms with Gasteiger partial charge in [0.2, 0.25) is 0 Å². The summed E-state index contributed by atoms with van der Waals surface area (Å²) in [6, 6.07) is 15.0. The molecule has 12 heteroatoms. The maximum Gasteiger partial charge on any atom is 0.261 e. The second-order valence-corrected chi connectivity index (χ2v) is 10.6. The van der Waals surface area contributed by atoms with E-state index in [4.69, 9.17) is 23.7 Å². The number of methoxy groups -OCH3 is 1. The van der Waals surface area contributed by atoms with Crippen molar-refractivity contribution in [1.82, 2.24) is 19.9 Å². The van der Waals surface area contributed by atoms with Crippen molar-refractivity contribution in [1.29, 1.82) is 0 Å². The Bertz CT molecular complexity index is 1630. The van der Waals surface area contributed by atoms with E-state index in [-0.39, 0.29) is 11.8 Å². The number of hydrogen-bond donors (Lipinski definition) is 0. The summed E-state index contributed by atoms with van der Waals surface area (Å²) in [7, 11) is 1.65. The zero-order valence-corrected chi connectivity index (χ0v) is 25.6. The molecule has 2 aliphatic rings. The van der Waals surface area contributed by atoms with Gasteiger partial charge >= 0.3 is 0 Å². The van der Waals surface area contributed by atoms with Gasteiger partial charge in [-0.1, -0.05) is 23.4 Å². The average Bonchev–Trinajstić information content (AvgIpc) is 3.55.